The quantitative estimate of drug-likeness (QED) is 0.841. The second-order valence-electron chi connectivity index (χ2n) is 4.40. The third kappa shape index (κ3) is 3.91. The Morgan fingerprint density at radius 2 is 2.10 bits per heavy atom. The van der Waals surface area contributed by atoms with Gasteiger partial charge in [0, 0.05) is 0 Å². The molecular formula is C12H15ClFNO4S. The summed E-state index contributed by atoms with van der Waals surface area (Å²) in [5.74, 6) is -2.41. The van der Waals surface area contributed by atoms with Gasteiger partial charge < -0.3 is 5.11 Å². The SMILES string of the molecule is CC[C@H](C)[C@H](NS(=O)(=O)c1ccc(F)c(Cl)c1)C(=O)O. The smallest absolute Gasteiger partial charge is 0.322 e. The van der Waals surface area contributed by atoms with Crippen LogP contribution in [0.15, 0.2) is 23.1 Å². The number of hydrogen-bond acceptors (Lipinski definition) is 3. The number of carbonyl (C=O) groups is 1. The molecule has 1 rings (SSSR count). The molecule has 0 spiro atoms. The number of nitrogens with one attached hydrogen (secondary N) is 1. The normalized spacial score (nSPS) is 14.8. The number of carboxylic acids is 1. The van der Waals surface area contributed by atoms with Crippen LogP contribution in [0.2, 0.25) is 5.02 Å². The number of benzene rings is 1. The summed E-state index contributed by atoms with van der Waals surface area (Å²) < 4.78 is 39.3. The van der Waals surface area contributed by atoms with Gasteiger partial charge in [-0.3, -0.25) is 4.79 Å². The zero-order chi connectivity index (χ0) is 15.5. The molecule has 0 unspecified atom stereocenters. The first kappa shape index (κ1) is 16.9. The van der Waals surface area contributed by atoms with Crippen LogP contribution in [0, 0.1) is 11.7 Å². The zero-order valence-corrected chi connectivity index (χ0v) is 12.5. The van der Waals surface area contributed by atoms with Gasteiger partial charge >= 0.3 is 5.97 Å². The summed E-state index contributed by atoms with van der Waals surface area (Å²) >= 11 is 5.53. The molecule has 0 saturated carbocycles. The molecule has 2 atom stereocenters. The van der Waals surface area contributed by atoms with E-state index in [0.29, 0.717) is 6.42 Å². The summed E-state index contributed by atoms with van der Waals surface area (Å²) in [6.45, 7) is 3.38. The van der Waals surface area contributed by atoms with Gasteiger partial charge in [0.15, 0.2) is 0 Å². The van der Waals surface area contributed by atoms with Gasteiger partial charge in [-0.25, -0.2) is 12.8 Å². The van der Waals surface area contributed by atoms with E-state index < -0.39 is 33.8 Å². The minimum atomic E-state index is -4.08. The third-order valence-electron chi connectivity index (χ3n) is 2.96. The monoisotopic (exact) mass is 323 g/mol. The minimum Gasteiger partial charge on any atom is -0.480 e. The van der Waals surface area contributed by atoms with Gasteiger partial charge in [0.05, 0.1) is 9.92 Å². The molecule has 2 N–H and O–H groups in total. The van der Waals surface area contributed by atoms with Crippen molar-refractivity contribution in [2.75, 3.05) is 0 Å². The highest BCUT2D eigenvalue weighted by atomic mass is 35.5. The summed E-state index contributed by atoms with van der Waals surface area (Å²) in [4.78, 5) is 10.8. The van der Waals surface area contributed by atoms with Crippen molar-refractivity contribution in [1.82, 2.24) is 4.72 Å². The molecule has 8 heteroatoms. The van der Waals surface area contributed by atoms with Gasteiger partial charge in [-0.05, 0) is 24.1 Å². The fraction of sp³-hybridized carbons (Fsp3) is 0.417. The molecule has 0 aromatic heterocycles. The molecule has 5 nitrogen and oxygen atoms in total. The van der Waals surface area contributed by atoms with Crippen molar-refractivity contribution in [3.63, 3.8) is 0 Å². The van der Waals surface area contributed by atoms with E-state index >= 15 is 0 Å². The predicted octanol–water partition coefficient (Wildman–Crippen LogP) is 2.26. The van der Waals surface area contributed by atoms with Gasteiger partial charge in [-0.15, -0.1) is 0 Å². The maximum absolute atomic E-state index is 13.0. The van der Waals surface area contributed by atoms with Crippen molar-refractivity contribution in [1.29, 1.82) is 0 Å². The van der Waals surface area contributed by atoms with Crippen molar-refractivity contribution in [3.05, 3.63) is 29.0 Å². The molecule has 0 radical (unpaired) electrons. The van der Waals surface area contributed by atoms with Crippen molar-refractivity contribution < 1.29 is 22.7 Å². The Hall–Kier alpha value is -1.18. The maximum atomic E-state index is 13.0. The molecule has 0 bridgehead atoms. The van der Waals surface area contributed by atoms with E-state index in [1.807, 2.05) is 0 Å². The van der Waals surface area contributed by atoms with Crippen LogP contribution < -0.4 is 4.72 Å². The zero-order valence-electron chi connectivity index (χ0n) is 10.9. The topological polar surface area (TPSA) is 83.5 Å². The van der Waals surface area contributed by atoms with E-state index in [1.165, 1.54) is 0 Å². The van der Waals surface area contributed by atoms with E-state index in [2.05, 4.69) is 4.72 Å². The Morgan fingerprint density at radius 3 is 2.55 bits per heavy atom. The van der Waals surface area contributed by atoms with Crippen LogP contribution in [-0.2, 0) is 14.8 Å². The fourth-order valence-electron chi connectivity index (χ4n) is 1.52. The van der Waals surface area contributed by atoms with E-state index in [0.717, 1.165) is 18.2 Å². The van der Waals surface area contributed by atoms with Crippen LogP contribution in [0.5, 0.6) is 0 Å². The summed E-state index contributed by atoms with van der Waals surface area (Å²) in [6.07, 6.45) is 0.490. The summed E-state index contributed by atoms with van der Waals surface area (Å²) in [5.41, 5.74) is 0. The molecule has 0 aliphatic heterocycles. The first-order chi connectivity index (χ1) is 9.19. The molecule has 1 aromatic rings. The second-order valence-corrected chi connectivity index (χ2v) is 6.52. The van der Waals surface area contributed by atoms with Crippen LogP contribution in [0.25, 0.3) is 0 Å². The molecule has 0 aliphatic carbocycles. The van der Waals surface area contributed by atoms with Gasteiger partial charge in [-0.2, -0.15) is 4.72 Å². The lowest BCUT2D eigenvalue weighted by Crippen LogP contribution is -2.44. The van der Waals surface area contributed by atoms with Crippen molar-refractivity contribution >= 4 is 27.6 Å². The van der Waals surface area contributed by atoms with Gasteiger partial charge in [0.25, 0.3) is 0 Å². The van der Waals surface area contributed by atoms with Crippen LogP contribution in [0.1, 0.15) is 20.3 Å². The summed E-state index contributed by atoms with van der Waals surface area (Å²) in [7, 11) is -4.08. The summed E-state index contributed by atoms with van der Waals surface area (Å²) in [5, 5.41) is 8.73. The highest BCUT2D eigenvalue weighted by Crippen LogP contribution is 2.20. The molecule has 1 aromatic carbocycles. The van der Waals surface area contributed by atoms with Crippen molar-refractivity contribution in [2.45, 2.75) is 31.2 Å². The van der Waals surface area contributed by atoms with E-state index in [1.54, 1.807) is 13.8 Å². The first-order valence-corrected chi connectivity index (χ1v) is 7.75. The highest BCUT2D eigenvalue weighted by molar-refractivity contribution is 7.89. The van der Waals surface area contributed by atoms with Crippen molar-refractivity contribution in [3.8, 4) is 0 Å². The first-order valence-electron chi connectivity index (χ1n) is 5.89. The molecule has 0 fully saturated rings. The molecule has 0 aliphatic rings. The number of rotatable bonds is 6. The van der Waals surface area contributed by atoms with Crippen LogP contribution in [-0.4, -0.2) is 25.5 Å². The highest BCUT2D eigenvalue weighted by Gasteiger charge is 2.29. The maximum Gasteiger partial charge on any atom is 0.322 e. The predicted molar refractivity (Wildman–Crippen MR) is 72.6 cm³/mol. The Morgan fingerprint density at radius 1 is 1.50 bits per heavy atom. The van der Waals surface area contributed by atoms with Crippen LogP contribution >= 0.6 is 11.6 Å². The molecular weight excluding hydrogens is 309 g/mol. The number of carboxylic acid groups (broad SMARTS) is 1. The summed E-state index contributed by atoms with van der Waals surface area (Å²) in [6, 6.07) is 1.62. The Bertz CT molecular complexity index is 605. The lowest BCUT2D eigenvalue weighted by Gasteiger charge is -2.20. The third-order valence-corrected chi connectivity index (χ3v) is 4.69. The van der Waals surface area contributed by atoms with Crippen molar-refractivity contribution in [2.24, 2.45) is 5.92 Å². The largest absolute Gasteiger partial charge is 0.480 e. The second kappa shape index (κ2) is 6.51. The van der Waals surface area contributed by atoms with Gasteiger partial charge in [0.2, 0.25) is 10.0 Å². The van der Waals surface area contributed by atoms with E-state index in [9.17, 15) is 17.6 Å². The molecule has 20 heavy (non-hydrogen) atoms. The minimum absolute atomic E-state index is 0.279. The lowest BCUT2D eigenvalue weighted by molar-refractivity contribution is -0.140. The van der Waals surface area contributed by atoms with Gasteiger partial charge in [-0.1, -0.05) is 31.9 Å². The number of aliphatic carboxylic acids is 1. The average molecular weight is 324 g/mol. The average Bonchev–Trinajstić information content (AvgIpc) is 2.38. The Labute approximate surface area is 121 Å². The molecule has 0 saturated heterocycles. The van der Waals surface area contributed by atoms with E-state index in [4.69, 9.17) is 16.7 Å². The fourth-order valence-corrected chi connectivity index (χ4v) is 3.09. The van der Waals surface area contributed by atoms with Crippen LogP contribution in [0.4, 0.5) is 4.39 Å². The molecule has 0 amide bonds. The van der Waals surface area contributed by atoms with E-state index in [-0.39, 0.29) is 9.92 Å². The number of hydrogen-bond donors (Lipinski definition) is 2. The molecule has 112 valence electrons. The Kier molecular flexibility index (Phi) is 5.50. The van der Waals surface area contributed by atoms with Gasteiger partial charge in [0.1, 0.15) is 11.9 Å². The number of halogens is 2. The Balaban J connectivity index is 3.09. The standard InChI is InChI=1S/C12H15ClFNO4S/c1-3-7(2)11(12(16)17)15-20(18,19)8-4-5-10(14)9(13)6-8/h4-7,11,15H,3H2,1-2H3,(H,16,17)/t7-,11-/m0/s1. The van der Waals surface area contributed by atoms with Crippen LogP contribution in [0.3, 0.4) is 0 Å². The lowest BCUT2D eigenvalue weighted by atomic mass is 10.0. The number of sulfonamides is 1. The molecule has 0 heterocycles.